The molecule has 7 nitrogen and oxygen atoms in total. The number of alkyl halides is 3. The lowest BCUT2D eigenvalue weighted by Crippen LogP contribution is -2.46. The molecule has 40 heavy (non-hydrogen) atoms. The predicted octanol–water partition coefficient (Wildman–Crippen LogP) is 6.58. The van der Waals surface area contributed by atoms with Crippen LogP contribution in [0.3, 0.4) is 0 Å². The topological polar surface area (TPSA) is 80.2 Å². The van der Waals surface area contributed by atoms with Crippen molar-refractivity contribution in [3.63, 3.8) is 0 Å². The summed E-state index contributed by atoms with van der Waals surface area (Å²) in [6, 6.07) is 16.4. The lowest BCUT2D eigenvalue weighted by Gasteiger charge is -2.32. The van der Waals surface area contributed by atoms with E-state index in [-0.39, 0.29) is 29.7 Å². The van der Waals surface area contributed by atoms with E-state index in [1.807, 2.05) is 6.07 Å². The molecule has 0 radical (unpaired) electrons. The maximum absolute atomic E-state index is 13.3. The van der Waals surface area contributed by atoms with Crippen molar-refractivity contribution in [2.75, 3.05) is 26.1 Å². The molecule has 3 aromatic rings. The van der Waals surface area contributed by atoms with Gasteiger partial charge in [0.05, 0.1) is 25.5 Å². The molecule has 3 aromatic carbocycles. The fourth-order valence-corrected chi connectivity index (χ4v) is 5.30. The number of amides is 2. The first-order valence-corrected chi connectivity index (χ1v) is 13.3. The van der Waals surface area contributed by atoms with Crippen molar-refractivity contribution in [3.05, 3.63) is 82.9 Å². The van der Waals surface area contributed by atoms with Crippen molar-refractivity contribution in [1.29, 1.82) is 0 Å². The van der Waals surface area contributed by atoms with E-state index in [9.17, 15) is 22.8 Å². The molecule has 210 valence electrons. The van der Waals surface area contributed by atoms with Gasteiger partial charge in [0.25, 0.3) is 0 Å². The lowest BCUT2D eigenvalue weighted by atomic mass is 10.1. The van der Waals surface area contributed by atoms with E-state index in [1.165, 1.54) is 31.3 Å². The zero-order chi connectivity index (χ0) is 28.9. The summed E-state index contributed by atoms with van der Waals surface area (Å²) >= 11 is 7.02. The maximum Gasteiger partial charge on any atom is 0.416 e. The Morgan fingerprint density at radius 3 is 2.52 bits per heavy atom. The van der Waals surface area contributed by atoms with E-state index in [0.29, 0.717) is 28.6 Å². The summed E-state index contributed by atoms with van der Waals surface area (Å²) in [7, 11) is 3.04. The molecule has 12 heteroatoms. The monoisotopic (exact) mass is 591 g/mol. The molecule has 4 rings (SSSR count). The van der Waals surface area contributed by atoms with Gasteiger partial charge in [0.15, 0.2) is 16.7 Å². The van der Waals surface area contributed by atoms with Gasteiger partial charge in [0.2, 0.25) is 11.8 Å². The molecular weight excluding hydrogens is 567 g/mol. The average Bonchev–Trinajstić information content (AvgIpc) is 2.92. The Morgan fingerprint density at radius 1 is 1.07 bits per heavy atom. The molecule has 1 atom stereocenters. The molecule has 2 amide bonds. The molecule has 0 saturated carbocycles. The molecule has 1 heterocycles. The number of nitrogens with zero attached hydrogens (tertiary/aromatic N) is 2. The normalized spacial score (nSPS) is 16.6. The summed E-state index contributed by atoms with van der Waals surface area (Å²) in [6.45, 7) is 0.182. The summed E-state index contributed by atoms with van der Waals surface area (Å²) in [5.74, 6) is 0.249. The van der Waals surface area contributed by atoms with Crippen LogP contribution in [0.4, 0.5) is 24.5 Å². The number of aliphatic imine (C=N–C) groups is 1. The molecule has 0 aliphatic carbocycles. The minimum Gasteiger partial charge on any atom is -0.493 e. The Balaban J connectivity index is 1.61. The number of carbonyl (C=O) groups is 2. The molecule has 0 bridgehead atoms. The summed E-state index contributed by atoms with van der Waals surface area (Å²) in [6.07, 6.45) is -4.28. The third-order valence-electron chi connectivity index (χ3n) is 5.99. The quantitative estimate of drug-likeness (QED) is 0.320. The molecule has 0 unspecified atom stereocenters. The highest BCUT2D eigenvalue weighted by molar-refractivity contribution is 8.15. The molecule has 1 aliphatic heterocycles. The predicted molar refractivity (Wildman–Crippen MR) is 150 cm³/mol. The van der Waals surface area contributed by atoms with Crippen molar-refractivity contribution in [2.24, 2.45) is 4.99 Å². The molecule has 1 aliphatic rings. The number of hydrogen-bond acceptors (Lipinski definition) is 6. The zero-order valence-corrected chi connectivity index (χ0v) is 23.1. The highest BCUT2D eigenvalue weighted by Gasteiger charge is 2.36. The van der Waals surface area contributed by atoms with Gasteiger partial charge in [0.1, 0.15) is 5.25 Å². The third-order valence-corrected chi connectivity index (χ3v) is 7.42. The van der Waals surface area contributed by atoms with Crippen LogP contribution in [-0.4, -0.2) is 47.9 Å². The number of anilines is 1. The molecule has 0 aromatic heterocycles. The molecule has 1 N–H and O–H groups in total. The van der Waals surface area contributed by atoms with Crippen molar-refractivity contribution < 1.29 is 32.2 Å². The summed E-state index contributed by atoms with van der Waals surface area (Å²) < 4.78 is 50.6. The Morgan fingerprint density at radius 2 is 1.82 bits per heavy atom. The Kier molecular flexibility index (Phi) is 9.26. The Hall–Kier alpha value is -3.70. The van der Waals surface area contributed by atoms with Crippen LogP contribution in [0.1, 0.15) is 17.5 Å². The number of hydrogen-bond donors (Lipinski definition) is 1. The van der Waals surface area contributed by atoms with Crippen LogP contribution in [-0.2, 0) is 22.2 Å². The van der Waals surface area contributed by atoms with Crippen LogP contribution in [0, 0.1) is 0 Å². The van der Waals surface area contributed by atoms with Gasteiger partial charge < -0.3 is 14.8 Å². The van der Waals surface area contributed by atoms with Gasteiger partial charge in [-0.25, -0.2) is 4.99 Å². The van der Waals surface area contributed by atoms with Gasteiger partial charge in [-0.1, -0.05) is 41.6 Å². The van der Waals surface area contributed by atoms with E-state index in [4.69, 9.17) is 21.1 Å². The van der Waals surface area contributed by atoms with E-state index in [1.54, 1.807) is 36.4 Å². The van der Waals surface area contributed by atoms with E-state index in [2.05, 4.69) is 10.3 Å². The minimum absolute atomic E-state index is 0.0112. The second-order valence-corrected chi connectivity index (χ2v) is 10.3. The Labute approximate surface area is 238 Å². The lowest BCUT2D eigenvalue weighted by molar-refractivity contribution is -0.137. The molecule has 0 spiro atoms. The third kappa shape index (κ3) is 7.28. The first kappa shape index (κ1) is 29.3. The molecule has 1 saturated heterocycles. The van der Waals surface area contributed by atoms with Gasteiger partial charge in [0, 0.05) is 23.7 Å². The fraction of sp³-hybridized carbons (Fsp3) is 0.250. The number of carbonyl (C=O) groups excluding carboxylic acids is 2. The van der Waals surface area contributed by atoms with Crippen molar-refractivity contribution in [1.82, 2.24) is 4.90 Å². The number of amidine groups is 1. The summed E-state index contributed by atoms with van der Waals surface area (Å²) in [5, 5.41) is 2.44. The van der Waals surface area contributed by atoms with Crippen LogP contribution in [0.5, 0.6) is 11.5 Å². The second kappa shape index (κ2) is 12.6. The summed E-state index contributed by atoms with van der Waals surface area (Å²) in [4.78, 5) is 32.1. The Bertz CT molecular complexity index is 1430. The SMILES string of the molecule is COc1ccc(CCN2C(=O)C[C@@H](C(=O)Nc3cccc(Cl)c3)SC2=Nc2cccc(C(F)(F)F)c2)cc1OC. The maximum atomic E-state index is 13.3. The highest BCUT2D eigenvalue weighted by Crippen LogP contribution is 2.34. The standard InChI is InChI=1S/C28H25ClF3N3O4S/c1-38-22-10-9-17(13-23(22)39-2)11-12-35-25(36)16-24(26(37)33-21-8-4-6-19(29)15-21)40-27(35)34-20-7-3-5-18(14-20)28(30,31)32/h3-10,13-15,24H,11-12,16H2,1-2H3,(H,33,37)/t24-/m0/s1. The number of halogens is 4. The van der Waals surface area contributed by atoms with Crippen molar-refractivity contribution >= 4 is 51.7 Å². The first-order chi connectivity index (χ1) is 19.1. The first-order valence-electron chi connectivity index (χ1n) is 12.1. The second-order valence-electron chi connectivity index (χ2n) is 8.74. The van der Waals surface area contributed by atoms with E-state index in [0.717, 1.165) is 29.5 Å². The molecule has 1 fully saturated rings. The van der Waals surface area contributed by atoms with Crippen molar-refractivity contribution in [2.45, 2.75) is 24.3 Å². The van der Waals surface area contributed by atoms with Gasteiger partial charge in [-0.05, 0) is 60.5 Å². The van der Waals surface area contributed by atoms with E-state index >= 15 is 0 Å². The van der Waals surface area contributed by atoms with Crippen LogP contribution < -0.4 is 14.8 Å². The average molecular weight is 592 g/mol. The number of rotatable bonds is 8. The smallest absolute Gasteiger partial charge is 0.416 e. The highest BCUT2D eigenvalue weighted by atomic mass is 35.5. The van der Waals surface area contributed by atoms with Gasteiger partial charge in [-0.15, -0.1) is 0 Å². The number of ether oxygens (including phenoxy) is 2. The zero-order valence-electron chi connectivity index (χ0n) is 21.5. The van der Waals surface area contributed by atoms with Crippen LogP contribution in [0.2, 0.25) is 5.02 Å². The van der Waals surface area contributed by atoms with E-state index < -0.39 is 22.9 Å². The molecular formula is C28H25ClF3N3O4S. The number of nitrogens with one attached hydrogen (secondary N) is 1. The van der Waals surface area contributed by atoms with Gasteiger partial charge in [-0.2, -0.15) is 13.2 Å². The van der Waals surface area contributed by atoms with Gasteiger partial charge >= 0.3 is 6.18 Å². The number of thioether (sulfide) groups is 1. The van der Waals surface area contributed by atoms with Crippen LogP contribution >= 0.6 is 23.4 Å². The van der Waals surface area contributed by atoms with Crippen molar-refractivity contribution in [3.8, 4) is 11.5 Å². The largest absolute Gasteiger partial charge is 0.493 e. The van der Waals surface area contributed by atoms with Crippen LogP contribution in [0.15, 0.2) is 71.7 Å². The number of methoxy groups -OCH3 is 2. The van der Waals surface area contributed by atoms with Crippen LogP contribution in [0.25, 0.3) is 0 Å². The minimum atomic E-state index is -4.56. The van der Waals surface area contributed by atoms with Gasteiger partial charge in [-0.3, -0.25) is 14.5 Å². The number of benzene rings is 3. The summed E-state index contributed by atoms with van der Waals surface area (Å²) in [5.41, 5.74) is 0.443. The fourth-order valence-electron chi connectivity index (χ4n) is 3.99.